The fourth-order valence-corrected chi connectivity index (χ4v) is 3.55. The summed E-state index contributed by atoms with van der Waals surface area (Å²) in [6.45, 7) is 0.744. The Morgan fingerprint density at radius 2 is 1.32 bits per heavy atom. The van der Waals surface area contributed by atoms with Crippen molar-refractivity contribution in [1.29, 1.82) is 0 Å². The van der Waals surface area contributed by atoms with Gasteiger partial charge in [-0.15, -0.1) is 0 Å². The van der Waals surface area contributed by atoms with Crippen molar-refractivity contribution in [1.82, 2.24) is 0 Å². The maximum atomic E-state index is 10.7. The van der Waals surface area contributed by atoms with Gasteiger partial charge in [-0.25, -0.2) is 0 Å². The van der Waals surface area contributed by atoms with E-state index in [1.54, 1.807) is 0 Å². The zero-order valence-corrected chi connectivity index (χ0v) is 17.0. The SMILES string of the molecule is Cc1ccc(CO[C@H]2OC(CO)[C@@H](O)[C@H](O[C@@H]3OC(CO)[C@H](O)[C@@H](O)C3O)C2O)cc1. The van der Waals surface area contributed by atoms with Gasteiger partial charge in [-0.05, 0) is 12.5 Å². The quantitative estimate of drug-likeness (QED) is 0.229. The predicted molar refractivity (Wildman–Crippen MR) is 102 cm³/mol. The largest absolute Gasteiger partial charge is 0.394 e. The molecule has 1 aromatic carbocycles. The lowest BCUT2D eigenvalue weighted by molar-refractivity contribution is -0.361. The second-order valence-corrected chi connectivity index (χ2v) is 7.80. The van der Waals surface area contributed by atoms with Crippen LogP contribution in [0.3, 0.4) is 0 Å². The van der Waals surface area contributed by atoms with E-state index in [0.29, 0.717) is 0 Å². The summed E-state index contributed by atoms with van der Waals surface area (Å²) in [6, 6.07) is 7.46. The molecule has 2 saturated heterocycles. The molecule has 3 rings (SSSR count). The molecule has 0 aromatic heterocycles. The highest BCUT2D eigenvalue weighted by Gasteiger charge is 2.50. The van der Waals surface area contributed by atoms with Crippen LogP contribution in [0.1, 0.15) is 11.1 Å². The first-order chi connectivity index (χ1) is 14.8. The first kappa shape index (κ1) is 24.4. The molecule has 2 fully saturated rings. The first-order valence-corrected chi connectivity index (χ1v) is 10.0. The van der Waals surface area contributed by atoms with Crippen LogP contribution in [0.15, 0.2) is 24.3 Å². The summed E-state index contributed by atoms with van der Waals surface area (Å²) in [5.41, 5.74) is 1.87. The van der Waals surface area contributed by atoms with Crippen LogP contribution < -0.4 is 0 Å². The minimum Gasteiger partial charge on any atom is -0.394 e. The maximum Gasteiger partial charge on any atom is 0.187 e. The second kappa shape index (κ2) is 10.6. The van der Waals surface area contributed by atoms with E-state index in [0.717, 1.165) is 11.1 Å². The van der Waals surface area contributed by atoms with Crippen LogP contribution in [0.2, 0.25) is 0 Å². The third kappa shape index (κ3) is 5.41. The zero-order valence-electron chi connectivity index (χ0n) is 17.0. The van der Waals surface area contributed by atoms with Crippen molar-refractivity contribution in [2.45, 2.75) is 74.9 Å². The number of aliphatic hydroxyl groups excluding tert-OH is 7. The van der Waals surface area contributed by atoms with E-state index in [2.05, 4.69) is 0 Å². The molecule has 0 aliphatic carbocycles. The van der Waals surface area contributed by atoms with Gasteiger partial charge in [0.1, 0.15) is 48.8 Å². The summed E-state index contributed by atoms with van der Waals surface area (Å²) in [5, 5.41) is 70.0. The minimum absolute atomic E-state index is 0.0724. The molecule has 11 heteroatoms. The molecule has 0 spiro atoms. The van der Waals surface area contributed by atoms with E-state index in [9.17, 15) is 35.7 Å². The van der Waals surface area contributed by atoms with E-state index in [1.165, 1.54) is 0 Å². The smallest absolute Gasteiger partial charge is 0.187 e. The molecular formula is C20H30O11. The Morgan fingerprint density at radius 3 is 1.94 bits per heavy atom. The van der Waals surface area contributed by atoms with Crippen molar-refractivity contribution in [3.8, 4) is 0 Å². The van der Waals surface area contributed by atoms with Gasteiger partial charge in [0.25, 0.3) is 0 Å². The molecule has 0 radical (unpaired) electrons. The Kier molecular flexibility index (Phi) is 8.35. The summed E-state index contributed by atoms with van der Waals surface area (Å²) in [5.74, 6) is 0. The lowest BCUT2D eigenvalue weighted by Crippen LogP contribution is -2.64. The van der Waals surface area contributed by atoms with Crippen molar-refractivity contribution < 1.29 is 54.7 Å². The van der Waals surface area contributed by atoms with E-state index < -0.39 is 74.6 Å². The van der Waals surface area contributed by atoms with Gasteiger partial charge < -0.3 is 54.7 Å². The molecule has 4 unspecified atom stereocenters. The normalized spacial score (nSPS) is 41.3. The molecule has 2 aliphatic heterocycles. The fourth-order valence-electron chi connectivity index (χ4n) is 3.55. The molecule has 10 atom stereocenters. The molecule has 7 N–H and O–H groups in total. The van der Waals surface area contributed by atoms with Crippen LogP contribution in [0.5, 0.6) is 0 Å². The van der Waals surface area contributed by atoms with Gasteiger partial charge >= 0.3 is 0 Å². The van der Waals surface area contributed by atoms with Crippen molar-refractivity contribution >= 4 is 0 Å². The lowest BCUT2D eigenvalue weighted by Gasteiger charge is -2.45. The molecular weight excluding hydrogens is 416 g/mol. The van der Waals surface area contributed by atoms with Crippen molar-refractivity contribution in [3.05, 3.63) is 35.4 Å². The average Bonchev–Trinajstić information content (AvgIpc) is 2.77. The van der Waals surface area contributed by atoms with E-state index in [4.69, 9.17) is 18.9 Å². The number of benzene rings is 1. The molecule has 1 aromatic rings. The Balaban J connectivity index is 1.70. The number of aliphatic hydroxyl groups is 7. The van der Waals surface area contributed by atoms with Crippen molar-refractivity contribution in [2.24, 2.45) is 0 Å². The summed E-state index contributed by atoms with van der Waals surface area (Å²) in [7, 11) is 0. The fraction of sp³-hybridized carbons (Fsp3) is 0.700. The summed E-state index contributed by atoms with van der Waals surface area (Å²) >= 11 is 0. The Hall–Kier alpha value is -1.22. The molecule has 11 nitrogen and oxygen atoms in total. The summed E-state index contributed by atoms with van der Waals surface area (Å²) < 4.78 is 21.9. The van der Waals surface area contributed by atoms with E-state index in [1.807, 2.05) is 31.2 Å². The van der Waals surface area contributed by atoms with Crippen LogP contribution >= 0.6 is 0 Å². The van der Waals surface area contributed by atoms with Crippen LogP contribution in [-0.2, 0) is 25.6 Å². The van der Waals surface area contributed by atoms with Gasteiger partial charge in [0.2, 0.25) is 0 Å². The standard InChI is InChI=1S/C20H30O11/c1-9-2-4-10(5-3-9)8-28-19-17(27)18(14(24)12(7-22)29-19)31-20-16(26)15(25)13(23)11(6-21)30-20/h2-5,11-27H,6-8H2,1H3/t11?,12?,13-,14+,15+,16?,17?,18-,19-,20-/m0/s1. The van der Waals surface area contributed by atoms with Crippen LogP contribution in [0, 0.1) is 6.92 Å². The molecule has 31 heavy (non-hydrogen) atoms. The third-order valence-corrected chi connectivity index (χ3v) is 5.50. The maximum absolute atomic E-state index is 10.7. The van der Waals surface area contributed by atoms with Crippen molar-refractivity contribution in [3.63, 3.8) is 0 Å². The molecule has 2 aliphatic rings. The highest BCUT2D eigenvalue weighted by Crippen LogP contribution is 2.29. The number of hydrogen-bond donors (Lipinski definition) is 7. The van der Waals surface area contributed by atoms with Gasteiger partial charge in [0.15, 0.2) is 12.6 Å². The second-order valence-electron chi connectivity index (χ2n) is 7.80. The number of aryl methyl sites for hydroxylation is 1. The third-order valence-electron chi connectivity index (χ3n) is 5.50. The highest BCUT2D eigenvalue weighted by atomic mass is 16.7. The summed E-state index contributed by atoms with van der Waals surface area (Å²) in [4.78, 5) is 0. The zero-order chi connectivity index (χ0) is 22.7. The molecule has 0 bridgehead atoms. The van der Waals surface area contributed by atoms with E-state index >= 15 is 0 Å². The molecule has 2 heterocycles. The van der Waals surface area contributed by atoms with Crippen LogP contribution in [0.4, 0.5) is 0 Å². The monoisotopic (exact) mass is 446 g/mol. The van der Waals surface area contributed by atoms with Crippen molar-refractivity contribution in [2.75, 3.05) is 13.2 Å². The van der Waals surface area contributed by atoms with Gasteiger partial charge in [0.05, 0.1) is 19.8 Å². The highest BCUT2D eigenvalue weighted by molar-refractivity contribution is 5.20. The minimum atomic E-state index is -1.72. The molecule has 176 valence electrons. The Bertz CT molecular complexity index is 684. The van der Waals surface area contributed by atoms with Gasteiger partial charge in [0, 0.05) is 0 Å². The van der Waals surface area contributed by atoms with Gasteiger partial charge in [-0.3, -0.25) is 0 Å². The predicted octanol–water partition coefficient (Wildman–Crippen LogP) is -2.86. The molecule has 0 amide bonds. The topological polar surface area (TPSA) is 179 Å². The number of ether oxygens (including phenoxy) is 4. The van der Waals surface area contributed by atoms with E-state index in [-0.39, 0.29) is 6.61 Å². The Labute approximate surface area is 179 Å². The van der Waals surface area contributed by atoms with Crippen LogP contribution in [0.25, 0.3) is 0 Å². The molecule has 0 saturated carbocycles. The first-order valence-electron chi connectivity index (χ1n) is 10.0. The average molecular weight is 446 g/mol. The Morgan fingerprint density at radius 1 is 0.742 bits per heavy atom. The number of hydrogen-bond acceptors (Lipinski definition) is 11. The number of rotatable bonds is 7. The van der Waals surface area contributed by atoms with Gasteiger partial charge in [-0.2, -0.15) is 0 Å². The lowest BCUT2D eigenvalue weighted by atomic mass is 9.97. The summed E-state index contributed by atoms with van der Waals surface area (Å²) in [6.07, 6.45) is -14.7. The van der Waals surface area contributed by atoms with Gasteiger partial charge in [-0.1, -0.05) is 29.8 Å². The van der Waals surface area contributed by atoms with Crippen LogP contribution in [-0.4, -0.2) is 110 Å².